The molecule has 1 aromatic heterocycles. The van der Waals surface area contributed by atoms with E-state index in [1.54, 1.807) is 11.2 Å². The molecule has 0 radical (unpaired) electrons. The number of carbonyl (C=O) groups is 1. The molecule has 0 aliphatic carbocycles. The maximum absolute atomic E-state index is 11.7. The number of nitrogens with zero attached hydrogens (tertiary/aromatic N) is 1. The lowest BCUT2D eigenvalue weighted by Gasteiger charge is -2.19. The van der Waals surface area contributed by atoms with Crippen molar-refractivity contribution in [3.63, 3.8) is 0 Å². The van der Waals surface area contributed by atoms with Crippen LogP contribution in [0.5, 0.6) is 0 Å². The molecule has 4 heteroatoms. The second kappa shape index (κ2) is 6.24. The van der Waals surface area contributed by atoms with E-state index in [0.717, 1.165) is 12.3 Å². The lowest BCUT2D eigenvalue weighted by atomic mass is 10.3. The SMILES string of the molecule is CCNCC(=O)N(CC)Cc1ccco1. The highest BCUT2D eigenvalue weighted by Gasteiger charge is 2.12. The highest BCUT2D eigenvalue weighted by atomic mass is 16.3. The van der Waals surface area contributed by atoms with Gasteiger partial charge in [-0.25, -0.2) is 0 Å². The monoisotopic (exact) mass is 210 g/mol. The van der Waals surface area contributed by atoms with Crippen molar-refractivity contribution in [2.45, 2.75) is 20.4 Å². The first-order chi connectivity index (χ1) is 7.27. The van der Waals surface area contributed by atoms with Gasteiger partial charge in [0, 0.05) is 6.54 Å². The average Bonchev–Trinajstić information content (AvgIpc) is 2.75. The molecule has 15 heavy (non-hydrogen) atoms. The molecule has 0 aliphatic rings. The van der Waals surface area contributed by atoms with Crippen LogP contribution in [0.4, 0.5) is 0 Å². The van der Waals surface area contributed by atoms with E-state index in [0.29, 0.717) is 19.6 Å². The van der Waals surface area contributed by atoms with Crippen LogP contribution in [0, 0.1) is 0 Å². The normalized spacial score (nSPS) is 10.3. The van der Waals surface area contributed by atoms with E-state index in [-0.39, 0.29) is 5.91 Å². The molecule has 0 aromatic carbocycles. The molecular weight excluding hydrogens is 192 g/mol. The summed E-state index contributed by atoms with van der Waals surface area (Å²) in [7, 11) is 0. The Morgan fingerprint density at radius 2 is 2.33 bits per heavy atom. The third-order valence-corrected chi connectivity index (χ3v) is 2.19. The molecule has 1 N–H and O–H groups in total. The summed E-state index contributed by atoms with van der Waals surface area (Å²) >= 11 is 0. The highest BCUT2D eigenvalue weighted by molar-refractivity contribution is 5.78. The maximum atomic E-state index is 11.7. The van der Waals surface area contributed by atoms with E-state index >= 15 is 0 Å². The summed E-state index contributed by atoms with van der Waals surface area (Å²) in [4.78, 5) is 13.4. The van der Waals surface area contributed by atoms with Gasteiger partial charge in [-0.05, 0) is 25.6 Å². The second-order valence-corrected chi connectivity index (χ2v) is 3.27. The number of likely N-dealkylation sites (N-methyl/N-ethyl adjacent to an activating group) is 2. The zero-order valence-corrected chi connectivity index (χ0v) is 9.32. The third-order valence-electron chi connectivity index (χ3n) is 2.19. The molecule has 1 heterocycles. The summed E-state index contributed by atoms with van der Waals surface area (Å²) in [5, 5.41) is 3.02. The van der Waals surface area contributed by atoms with Crippen LogP contribution in [0.15, 0.2) is 22.8 Å². The minimum absolute atomic E-state index is 0.107. The Hall–Kier alpha value is -1.29. The lowest BCUT2D eigenvalue weighted by Crippen LogP contribution is -2.37. The molecule has 1 aromatic rings. The quantitative estimate of drug-likeness (QED) is 0.768. The van der Waals surface area contributed by atoms with Crippen LogP contribution in [0.3, 0.4) is 0 Å². The molecule has 1 amide bonds. The summed E-state index contributed by atoms with van der Waals surface area (Å²) < 4.78 is 5.21. The van der Waals surface area contributed by atoms with Crippen molar-refractivity contribution >= 4 is 5.91 Å². The first-order valence-corrected chi connectivity index (χ1v) is 5.28. The van der Waals surface area contributed by atoms with Crippen LogP contribution in [-0.4, -0.2) is 30.4 Å². The molecule has 0 atom stereocenters. The number of hydrogen-bond acceptors (Lipinski definition) is 3. The van der Waals surface area contributed by atoms with Gasteiger partial charge in [0.25, 0.3) is 0 Å². The summed E-state index contributed by atoms with van der Waals surface area (Å²) in [5.41, 5.74) is 0. The van der Waals surface area contributed by atoms with Crippen LogP contribution in [0.1, 0.15) is 19.6 Å². The van der Waals surface area contributed by atoms with Crippen molar-refractivity contribution in [3.05, 3.63) is 24.2 Å². The van der Waals surface area contributed by atoms with Gasteiger partial charge in [-0.2, -0.15) is 0 Å². The topological polar surface area (TPSA) is 45.5 Å². The fourth-order valence-electron chi connectivity index (χ4n) is 1.31. The molecule has 4 nitrogen and oxygen atoms in total. The molecule has 0 bridgehead atoms. The Morgan fingerprint density at radius 1 is 1.53 bits per heavy atom. The molecule has 0 fully saturated rings. The summed E-state index contributed by atoms with van der Waals surface area (Å²) in [6.45, 7) is 6.40. The lowest BCUT2D eigenvalue weighted by molar-refractivity contribution is -0.130. The Bertz CT molecular complexity index is 283. The van der Waals surface area contributed by atoms with Crippen LogP contribution >= 0.6 is 0 Å². The van der Waals surface area contributed by atoms with Crippen LogP contribution in [0.25, 0.3) is 0 Å². The van der Waals surface area contributed by atoms with E-state index < -0.39 is 0 Å². The van der Waals surface area contributed by atoms with Crippen LogP contribution in [0.2, 0.25) is 0 Å². The minimum Gasteiger partial charge on any atom is -0.467 e. The Labute approximate surface area is 90.3 Å². The van der Waals surface area contributed by atoms with Crippen molar-refractivity contribution in [1.82, 2.24) is 10.2 Å². The number of rotatable bonds is 6. The largest absolute Gasteiger partial charge is 0.467 e. The standard InChI is InChI=1S/C11H18N2O2/c1-3-12-8-11(14)13(4-2)9-10-6-5-7-15-10/h5-7,12H,3-4,8-9H2,1-2H3. The van der Waals surface area contributed by atoms with Crippen LogP contribution in [-0.2, 0) is 11.3 Å². The van der Waals surface area contributed by atoms with Crippen molar-refractivity contribution in [2.75, 3.05) is 19.6 Å². The molecule has 0 aliphatic heterocycles. The predicted molar refractivity (Wildman–Crippen MR) is 58.3 cm³/mol. The summed E-state index contributed by atoms with van der Waals surface area (Å²) in [5.74, 6) is 0.928. The van der Waals surface area contributed by atoms with E-state index in [4.69, 9.17) is 4.42 Å². The molecule has 84 valence electrons. The maximum Gasteiger partial charge on any atom is 0.236 e. The molecule has 0 unspecified atom stereocenters. The van der Waals surface area contributed by atoms with Gasteiger partial charge in [0.15, 0.2) is 0 Å². The zero-order chi connectivity index (χ0) is 11.1. The van der Waals surface area contributed by atoms with Gasteiger partial charge in [0.05, 0.1) is 19.4 Å². The number of amides is 1. The van der Waals surface area contributed by atoms with Gasteiger partial charge in [-0.1, -0.05) is 6.92 Å². The van der Waals surface area contributed by atoms with Gasteiger partial charge in [-0.15, -0.1) is 0 Å². The first kappa shape index (κ1) is 11.8. The van der Waals surface area contributed by atoms with Crippen molar-refractivity contribution < 1.29 is 9.21 Å². The smallest absolute Gasteiger partial charge is 0.236 e. The number of hydrogen-bond donors (Lipinski definition) is 1. The number of furan rings is 1. The van der Waals surface area contributed by atoms with Crippen molar-refractivity contribution in [1.29, 1.82) is 0 Å². The number of nitrogens with one attached hydrogen (secondary N) is 1. The van der Waals surface area contributed by atoms with Crippen LogP contribution < -0.4 is 5.32 Å². The fourth-order valence-corrected chi connectivity index (χ4v) is 1.31. The summed E-state index contributed by atoms with van der Waals surface area (Å²) in [6.07, 6.45) is 1.62. The first-order valence-electron chi connectivity index (χ1n) is 5.28. The summed E-state index contributed by atoms with van der Waals surface area (Å²) in [6, 6.07) is 3.71. The molecular formula is C11H18N2O2. The zero-order valence-electron chi connectivity index (χ0n) is 9.32. The van der Waals surface area contributed by atoms with Gasteiger partial charge in [0.1, 0.15) is 5.76 Å². The molecule has 0 spiro atoms. The Morgan fingerprint density at radius 3 is 2.87 bits per heavy atom. The average molecular weight is 210 g/mol. The van der Waals surface area contributed by atoms with E-state index in [1.165, 1.54) is 0 Å². The Kier molecular flexibility index (Phi) is 4.90. The van der Waals surface area contributed by atoms with Gasteiger partial charge in [-0.3, -0.25) is 4.79 Å². The van der Waals surface area contributed by atoms with E-state index in [1.807, 2.05) is 26.0 Å². The predicted octanol–water partition coefficient (Wildman–Crippen LogP) is 1.24. The molecule has 0 saturated heterocycles. The van der Waals surface area contributed by atoms with Gasteiger partial charge in [0.2, 0.25) is 5.91 Å². The van der Waals surface area contributed by atoms with Crippen molar-refractivity contribution in [3.8, 4) is 0 Å². The minimum atomic E-state index is 0.107. The third kappa shape index (κ3) is 3.75. The van der Waals surface area contributed by atoms with E-state index in [2.05, 4.69) is 5.32 Å². The molecule has 1 rings (SSSR count). The van der Waals surface area contributed by atoms with Gasteiger partial charge >= 0.3 is 0 Å². The van der Waals surface area contributed by atoms with Crippen molar-refractivity contribution in [2.24, 2.45) is 0 Å². The highest BCUT2D eigenvalue weighted by Crippen LogP contribution is 2.05. The van der Waals surface area contributed by atoms with Gasteiger partial charge < -0.3 is 14.6 Å². The number of carbonyl (C=O) groups excluding carboxylic acids is 1. The second-order valence-electron chi connectivity index (χ2n) is 3.27. The van der Waals surface area contributed by atoms with E-state index in [9.17, 15) is 4.79 Å². The Balaban J connectivity index is 2.44. The fraction of sp³-hybridized carbons (Fsp3) is 0.545. The molecule has 0 saturated carbocycles.